The number of unbranched alkanes of at least 4 members (excludes halogenated alkanes) is 5. The Kier molecular flexibility index (Phi) is 7.48. The Labute approximate surface area is 115 Å². The van der Waals surface area contributed by atoms with E-state index in [2.05, 4.69) is 12.2 Å². The van der Waals surface area contributed by atoms with Gasteiger partial charge in [0, 0.05) is 13.2 Å². The normalized spacial score (nSPS) is 19.1. The molecule has 1 fully saturated rings. The fourth-order valence-electron chi connectivity index (χ4n) is 2.26. The molecule has 0 radical (unpaired) electrons. The quantitative estimate of drug-likeness (QED) is 0.489. The fourth-order valence-corrected chi connectivity index (χ4v) is 2.26. The number of ether oxygens (including phenoxy) is 1. The van der Waals surface area contributed by atoms with E-state index in [-0.39, 0.29) is 11.9 Å². The van der Waals surface area contributed by atoms with Crippen molar-refractivity contribution in [2.75, 3.05) is 19.8 Å². The van der Waals surface area contributed by atoms with Crippen molar-refractivity contribution in [3.8, 4) is 0 Å². The van der Waals surface area contributed by atoms with Crippen molar-refractivity contribution in [2.24, 2.45) is 0 Å². The molecular formula is C14H26N2O3. The number of hydrogen-bond acceptors (Lipinski definition) is 3. The lowest BCUT2D eigenvalue weighted by Gasteiger charge is -2.21. The molecule has 0 aromatic rings. The molecule has 3 amide bonds. The van der Waals surface area contributed by atoms with Crippen molar-refractivity contribution < 1.29 is 14.3 Å². The topological polar surface area (TPSA) is 58.6 Å². The van der Waals surface area contributed by atoms with Crippen LogP contribution in [0.5, 0.6) is 0 Å². The van der Waals surface area contributed by atoms with Crippen LogP contribution in [0.25, 0.3) is 0 Å². The standard InChI is InChI=1S/C14H26N2O3/c1-3-5-6-7-8-9-10-16-12(11-19-4-2)13(17)15-14(16)18/h12H,3-11H2,1-2H3,(H,15,17,18). The highest BCUT2D eigenvalue weighted by atomic mass is 16.5. The monoisotopic (exact) mass is 270 g/mol. The number of urea groups is 1. The summed E-state index contributed by atoms with van der Waals surface area (Å²) in [5.74, 6) is -0.232. The number of amides is 3. The number of nitrogens with one attached hydrogen (secondary N) is 1. The summed E-state index contributed by atoms with van der Waals surface area (Å²) in [5.41, 5.74) is 0. The lowest BCUT2D eigenvalue weighted by molar-refractivity contribution is -0.123. The van der Waals surface area contributed by atoms with Crippen molar-refractivity contribution in [3.05, 3.63) is 0 Å². The maximum atomic E-state index is 11.7. The summed E-state index contributed by atoms with van der Waals surface area (Å²) in [4.78, 5) is 24.9. The Bertz CT molecular complexity index is 294. The largest absolute Gasteiger partial charge is 0.379 e. The van der Waals surface area contributed by atoms with E-state index < -0.39 is 6.04 Å². The van der Waals surface area contributed by atoms with E-state index in [0.717, 1.165) is 12.8 Å². The molecule has 1 N–H and O–H groups in total. The first-order chi connectivity index (χ1) is 9.20. The average Bonchev–Trinajstić information content (AvgIpc) is 2.66. The van der Waals surface area contributed by atoms with Crippen LogP contribution in [0.1, 0.15) is 52.4 Å². The van der Waals surface area contributed by atoms with Crippen LogP contribution in [0, 0.1) is 0 Å². The zero-order valence-corrected chi connectivity index (χ0v) is 12.1. The fraction of sp³-hybridized carbons (Fsp3) is 0.857. The molecule has 19 heavy (non-hydrogen) atoms. The molecule has 0 aliphatic carbocycles. The van der Waals surface area contributed by atoms with Crippen molar-refractivity contribution >= 4 is 11.9 Å². The SMILES string of the molecule is CCCCCCCCN1C(=O)NC(=O)C1COCC. The lowest BCUT2D eigenvalue weighted by Crippen LogP contribution is -2.39. The molecule has 1 rings (SSSR count). The molecule has 0 aromatic carbocycles. The van der Waals surface area contributed by atoms with Gasteiger partial charge in [0.1, 0.15) is 6.04 Å². The molecule has 1 heterocycles. The number of hydrogen-bond donors (Lipinski definition) is 1. The Morgan fingerprint density at radius 3 is 2.47 bits per heavy atom. The number of carbonyl (C=O) groups is 2. The van der Waals surface area contributed by atoms with Gasteiger partial charge in [-0.3, -0.25) is 10.1 Å². The summed E-state index contributed by atoms with van der Waals surface area (Å²) in [6.45, 7) is 5.57. The lowest BCUT2D eigenvalue weighted by atomic mass is 10.1. The third-order valence-electron chi connectivity index (χ3n) is 3.40. The molecule has 0 saturated carbocycles. The Morgan fingerprint density at radius 1 is 1.11 bits per heavy atom. The van der Waals surface area contributed by atoms with Crippen LogP contribution in [0.4, 0.5) is 4.79 Å². The Balaban J connectivity index is 2.28. The Morgan fingerprint density at radius 2 is 1.79 bits per heavy atom. The van der Waals surface area contributed by atoms with E-state index in [4.69, 9.17) is 4.74 Å². The van der Waals surface area contributed by atoms with Gasteiger partial charge in [0.05, 0.1) is 6.61 Å². The molecule has 1 unspecified atom stereocenters. The van der Waals surface area contributed by atoms with Crippen molar-refractivity contribution in [2.45, 2.75) is 58.4 Å². The van der Waals surface area contributed by atoms with Crippen LogP contribution in [-0.4, -0.2) is 42.6 Å². The molecule has 5 nitrogen and oxygen atoms in total. The second-order valence-corrected chi connectivity index (χ2v) is 4.93. The maximum Gasteiger partial charge on any atom is 0.324 e. The van der Waals surface area contributed by atoms with Crippen LogP contribution >= 0.6 is 0 Å². The maximum absolute atomic E-state index is 11.7. The average molecular weight is 270 g/mol. The highest BCUT2D eigenvalue weighted by Crippen LogP contribution is 2.12. The first-order valence-corrected chi connectivity index (χ1v) is 7.39. The van der Waals surface area contributed by atoms with Gasteiger partial charge in [0.15, 0.2) is 0 Å². The number of rotatable bonds is 10. The first kappa shape index (κ1) is 16.0. The van der Waals surface area contributed by atoms with Crippen molar-refractivity contribution in [1.29, 1.82) is 0 Å². The van der Waals surface area contributed by atoms with E-state index >= 15 is 0 Å². The number of imide groups is 1. The second kappa shape index (κ2) is 8.91. The minimum atomic E-state index is -0.442. The van der Waals surface area contributed by atoms with E-state index in [1.165, 1.54) is 25.7 Å². The molecule has 0 bridgehead atoms. The van der Waals surface area contributed by atoms with Gasteiger partial charge in [-0.1, -0.05) is 39.0 Å². The predicted octanol–water partition coefficient (Wildman–Crippen LogP) is 2.30. The summed E-state index contributed by atoms with van der Waals surface area (Å²) in [6.07, 6.45) is 7.03. The minimum Gasteiger partial charge on any atom is -0.379 e. The van der Waals surface area contributed by atoms with Crippen LogP contribution in [-0.2, 0) is 9.53 Å². The van der Waals surface area contributed by atoms with Crippen LogP contribution in [0.2, 0.25) is 0 Å². The molecule has 0 spiro atoms. The molecule has 1 aliphatic rings. The molecule has 1 saturated heterocycles. The van der Waals surface area contributed by atoms with Gasteiger partial charge in [-0.05, 0) is 13.3 Å². The van der Waals surface area contributed by atoms with E-state index in [1.807, 2.05) is 6.92 Å². The molecule has 110 valence electrons. The zero-order chi connectivity index (χ0) is 14.1. The summed E-state index contributed by atoms with van der Waals surface area (Å²) in [6, 6.07) is -0.716. The van der Waals surface area contributed by atoms with Gasteiger partial charge in [0.25, 0.3) is 5.91 Å². The molecular weight excluding hydrogens is 244 g/mol. The first-order valence-electron chi connectivity index (χ1n) is 7.39. The van der Waals surface area contributed by atoms with Gasteiger partial charge < -0.3 is 9.64 Å². The van der Waals surface area contributed by atoms with Crippen LogP contribution < -0.4 is 5.32 Å². The molecule has 5 heteroatoms. The smallest absolute Gasteiger partial charge is 0.324 e. The number of nitrogens with zero attached hydrogens (tertiary/aromatic N) is 1. The molecule has 0 aromatic heterocycles. The predicted molar refractivity (Wildman–Crippen MR) is 73.9 cm³/mol. The number of carbonyl (C=O) groups excluding carboxylic acids is 2. The van der Waals surface area contributed by atoms with Gasteiger partial charge in [-0.15, -0.1) is 0 Å². The second-order valence-electron chi connectivity index (χ2n) is 4.93. The van der Waals surface area contributed by atoms with Crippen molar-refractivity contribution in [3.63, 3.8) is 0 Å². The van der Waals surface area contributed by atoms with Crippen LogP contribution in [0.3, 0.4) is 0 Å². The van der Waals surface area contributed by atoms with E-state index in [9.17, 15) is 9.59 Å². The summed E-state index contributed by atoms with van der Waals surface area (Å²) in [7, 11) is 0. The third-order valence-corrected chi connectivity index (χ3v) is 3.40. The minimum absolute atomic E-state index is 0.232. The van der Waals surface area contributed by atoms with Gasteiger partial charge in [-0.2, -0.15) is 0 Å². The molecule has 1 aliphatic heterocycles. The van der Waals surface area contributed by atoms with Gasteiger partial charge >= 0.3 is 6.03 Å². The van der Waals surface area contributed by atoms with Gasteiger partial charge in [-0.25, -0.2) is 4.79 Å². The van der Waals surface area contributed by atoms with E-state index in [0.29, 0.717) is 19.8 Å². The Hall–Kier alpha value is -1.10. The highest BCUT2D eigenvalue weighted by Gasteiger charge is 2.37. The summed E-state index contributed by atoms with van der Waals surface area (Å²) < 4.78 is 5.27. The van der Waals surface area contributed by atoms with Crippen molar-refractivity contribution in [1.82, 2.24) is 10.2 Å². The van der Waals surface area contributed by atoms with Crippen LogP contribution in [0.15, 0.2) is 0 Å². The third kappa shape index (κ3) is 5.19. The van der Waals surface area contributed by atoms with Gasteiger partial charge in [0.2, 0.25) is 0 Å². The zero-order valence-electron chi connectivity index (χ0n) is 12.1. The molecule has 1 atom stereocenters. The van der Waals surface area contributed by atoms with E-state index in [1.54, 1.807) is 4.90 Å². The summed E-state index contributed by atoms with van der Waals surface area (Å²) >= 11 is 0. The summed E-state index contributed by atoms with van der Waals surface area (Å²) in [5, 5.41) is 2.36. The highest BCUT2D eigenvalue weighted by molar-refractivity contribution is 6.04.